The fraction of sp³-hybridized carbons (Fsp3) is 0.727. The van der Waals surface area contributed by atoms with E-state index in [1.807, 2.05) is 0 Å². The maximum absolute atomic E-state index is 6.33. The van der Waals surface area contributed by atoms with E-state index in [2.05, 4.69) is 28.9 Å². The molecule has 2 rings (SSSR count). The second-order valence-corrected chi connectivity index (χ2v) is 4.48. The van der Waals surface area contributed by atoms with Crippen LogP contribution in [0.5, 0.6) is 0 Å². The molecule has 2 heterocycles. The summed E-state index contributed by atoms with van der Waals surface area (Å²) >= 11 is 6.33. The van der Waals surface area contributed by atoms with Gasteiger partial charge in [-0.05, 0) is 38.8 Å². The lowest BCUT2D eigenvalue weighted by atomic mass is 9.97. The molecule has 0 spiro atoms. The summed E-state index contributed by atoms with van der Waals surface area (Å²) in [7, 11) is 0. The van der Waals surface area contributed by atoms with Crippen molar-refractivity contribution in [2.75, 3.05) is 13.1 Å². The van der Waals surface area contributed by atoms with Crippen molar-refractivity contribution >= 4 is 11.6 Å². The van der Waals surface area contributed by atoms with Crippen LogP contribution in [0.3, 0.4) is 0 Å². The second-order valence-electron chi connectivity index (χ2n) is 4.11. The van der Waals surface area contributed by atoms with E-state index >= 15 is 0 Å². The average molecular weight is 228 g/mol. The van der Waals surface area contributed by atoms with Crippen LogP contribution in [0.4, 0.5) is 0 Å². The Hall–Kier alpha value is -0.540. The predicted molar refractivity (Wildman–Crippen MR) is 62.4 cm³/mol. The van der Waals surface area contributed by atoms with Gasteiger partial charge in [0.2, 0.25) is 0 Å². The smallest absolute Gasteiger partial charge is 0.0849 e. The minimum atomic E-state index is 0.745. The maximum Gasteiger partial charge on any atom is 0.0849 e. The standard InChI is InChI=1S/C11H18ClN3/c1-3-9-11(12)10(15(4-2)14-9)5-8-6-13-7-8/h8,13H,3-7H2,1-2H3. The van der Waals surface area contributed by atoms with Crippen LogP contribution in [0.2, 0.25) is 5.02 Å². The zero-order valence-corrected chi connectivity index (χ0v) is 10.1. The second kappa shape index (κ2) is 4.54. The lowest BCUT2D eigenvalue weighted by Gasteiger charge is -2.27. The zero-order chi connectivity index (χ0) is 10.8. The fourth-order valence-electron chi connectivity index (χ4n) is 1.98. The summed E-state index contributed by atoms with van der Waals surface area (Å²) < 4.78 is 2.06. The van der Waals surface area contributed by atoms with Gasteiger partial charge in [0.25, 0.3) is 0 Å². The number of rotatable bonds is 4. The van der Waals surface area contributed by atoms with Crippen LogP contribution in [-0.2, 0) is 19.4 Å². The van der Waals surface area contributed by atoms with Crippen LogP contribution < -0.4 is 5.32 Å². The highest BCUT2D eigenvalue weighted by atomic mass is 35.5. The van der Waals surface area contributed by atoms with E-state index in [4.69, 9.17) is 11.6 Å². The van der Waals surface area contributed by atoms with Gasteiger partial charge in [0, 0.05) is 6.54 Å². The van der Waals surface area contributed by atoms with Crippen molar-refractivity contribution in [2.45, 2.75) is 33.2 Å². The van der Waals surface area contributed by atoms with Crippen LogP contribution in [-0.4, -0.2) is 22.9 Å². The molecule has 3 nitrogen and oxygen atoms in total. The van der Waals surface area contributed by atoms with Gasteiger partial charge in [-0.1, -0.05) is 18.5 Å². The number of aryl methyl sites for hydroxylation is 2. The number of hydrogen-bond donors (Lipinski definition) is 1. The van der Waals surface area contributed by atoms with Gasteiger partial charge in [0.05, 0.1) is 16.4 Å². The van der Waals surface area contributed by atoms with E-state index in [-0.39, 0.29) is 0 Å². The predicted octanol–water partition coefficient (Wildman–Crippen LogP) is 1.88. The van der Waals surface area contributed by atoms with Crippen molar-refractivity contribution in [3.05, 3.63) is 16.4 Å². The van der Waals surface area contributed by atoms with Crippen molar-refractivity contribution in [1.82, 2.24) is 15.1 Å². The molecule has 1 N–H and O–H groups in total. The van der Waals surface area contributed by atoms with E-state index in [9.17, 15) is 0 Å². The fourth-order valence-corrected chi connectivity index (χ4v) is 2.32. The topological polar surface area (TPSA) is 29.9 Å². The van der Waals surface area contributed by atoms with Gasteiger partial charge in [0.1, 0.15) is 0 Å². The van der Waals surface area contributed by atoms with Gasteiger partial charge in [-0.2, -0.15) is 5.10 Å². The Morgan fingerprint density at radius 1 is 1.47 bits per heavy atom. The molecule has 84 valence electrons. The molecule has 0 amide bonds. The summed E-state index contributed by atoms with van der Waals surface area (Å²) in [5, 5.41) is 8.70. The third-order valence-corrected chi connectivity index (χ3v) is 3.48. The molecular formula is C11H18ClN3. The van der Waals surface area contributed by atoms with Crippen molar-refractivity contribution in [3.8, 4) is 0 Å². The summed E-state index contributed by atoms with van der Waals surface area (Å²) in [6, 6.07) is 0. The van der Waals surface area contributed by atoms with Gasteiger partial charge in [-0.25, -0.2) is 0 Å². The van der Waals surface area contributed by atoms with Crippen LogP contribution >= 0.6 is 11.6 Å². The summed E-state index contributed by atoms with van der Waals surface area (Å²) in [4.78, 5) is 0. The number of hydrogen-bond acceptors (Lipinski definition) is 2. The van der Waals surface area contributed by atoms with Crippen LogP contribution in [0.25, 0.3) is 0 Å². The van der Waals surface area contributed by atoms with E-state index in [0.717, 1.165) is 49.1 Å². The minimum Gasteiger partial charge on any atom is -0.316 e. The van der Waals surface area contributed by atoms with Gasteiger partial charge in [-0.3, -0.25) is 4.68 Å². The Labute approximate surface area is 95.8 Å². The lowest BCUT2D eigenvalue weighted by Crippen LogP contribution is -2.43. The van der Waals surface area contributed by atoms with E-state index in [1.165, 1.54) is 5.69 Å². The molecule has 4 heteroatoms. The van der Waals surface area contributed by atoms with Crippen molar-refractivity contribution in [2.24, 2.45) is 5.92 Å². The van der Waals surface area contributed by atoms with Crippen molar-refractivity contribution in [1.29, 1.82) is 0 Å². The van der Waals surface area contributed by atoms with Crippen molar-refractivity contribution < 1.29 is 0 Å². The highest BCUT2D eigenvalue weighted by Gasteiger charge is 2.22. The molecule has 1 aliphatic heterocycles. The zero-order valence-electron chi connectivity index (χ0n) is 9.39. The molecule has 1 aromatic rings. The molecule has 1 aliphatic rings. The minimum absolute atomic E-state index is 0.745. The molecule has 0 bridgehead atoms. The first-order valence-electron chi connectivity index (χ1n) is 5.71. The summed E-state index contributed by atoms with van der Waals surface area (Å²) in [5.41, 5.74) is 2.27. The van der Waals surface area contributed by atoms with E-state index in [1.54, 1.807) is 0 Å². The Morgan fingerprint density at radius 2 is 2.20 bits per heavy atom. The van der Waals surface area contributed by atoms with E-state index < -0.39 is 0 Å². The first-order chi connectivity index (χ1) is 7.26. The Kier molecular flexibility index (Phi) is 3.32. The molecule has 1 fully saturated rings. The first kappa shape index (κ1) is 11.0. The maximum atomic E-state index is 6.33. The Bertz CT molecular complexity index is 342. The molecule has 0 atom stereocenters. The normalized spacial score (nSPS) is 16.7. The molecule has 1 aromatic heterocycles. The van der Waals surface area contributed by atoms with Crippen LogP contribution in [0, 0.1) is 5.92 Å². The number of aromatic nitrogens is 2. The third kappa shape index (κ3) is 2.04. The quantitative estimate of drug-likeness (QED) is 0.852. The van der Waals surface area contributed by atoms with Crippen LogP contribution in [0.1, 0.15) is 25.2 Å². The largest absolute Gasteiger partial charge is 0.316 e. The monoisotopic (exact) mass is 227 g/mol. The molecule has 0 saturated carbocycles. The third-order valence-electron chi connectivity index (χ3n) is 3.04. The van der Waals surface area contributed by atoms with Gasteiger partial charge in [-0.15, -0.1) is 0 Å². The molecule has 0 radical (unpaired) electrons. The molecule has 0 aliphatic carbocycles. The summed E-state index contributed by atoms with van der Waals surface area (Å²) in [5.74, 6) is 0.745. The Morgan fingerprint density at radius 3 is 2.67 bits per heavy atom. The summed E-state index contributed by atoms with van der Waals surface area (Å²) in [6.45, 7) is 7.36. The molecule has 0 aromatic carbocycles. The highest BCUT2D eigenvalue weighted by molar-refractivity contribution is 6.31. The van der Waals surface area contributed by atoms with Gasteiger partial charge >= 0.3 is 0 Å². The average Bonchev–Trinajstić information content (AvgIpc) is 2.49. The molecule has 0 unspecified atom stereocenters. The highest BCUT2D eigenvalue weighted by Crippen LogP contribution is 2.25. The first-order valence-corrected chi connectivity index (χ1v) is 6.08. The summed E-state index contributed by atoms with van der Waals surface area (Å²) in [6.07, 6.45) is 1.98. The molecule has 15 heavy (non-hydrogen) atoms. The van der Waals surface area contributed by atoms with E-state index in [0.29, 0.717) is 0 Å². The van der Waals surface area contributed by atoms with Gasteiger partial charge in [0.15, 0.2) is 0 Å². The number of nitrogens with one attached hydrogen (secondary N) is 1. The van der Waals surface area contributed by atoms with Crippen LogP contribution in [0.15, 0.2) is 0 Å². The van der Waals surface area contributed by atoms with Gasteiger partial charge < -0.3 is 5.32 Å². The molecular weight excluding hydrogens is 210 g/mol. The number of nitrogens with zero attached hydrogens (tertiary/aromatic N) is 2. The SMILES string of the molecule is CCc1nn(CC)c(CC2CNC2)c1Cl. The van der Waals surface area contributed by atoms with Crippen molar-refractivity contribution in [3.63, 3.8) is 0 Å². The number of halogens is 1. The molecule has 1 saturated heterocycles. The lowest BCUT2D eigenvalue weighted by molar-refractivity contribution is 0.338. The Balaban J connectivity index is 2.21.